The first-order valence-corrected chi connectivity index (χ1v) is 8.17. The van der Waals surface area contributed by atoms with Gasteiger partial charge in [-0.25, -0.2) is 0 Å². The van der Waals surface area contributed by atoms with Gasteiger partial charge in [0.15, 0.2) is 0 Å². The van der Waals surface area contributed by atoms with Gasteiger partial charge in [0.2, 0.25) is 5.91 Å². The van der Waals surface area contributed by atoms with Crippen molar-refractivity contribution in [3.8, 4) is 0 Å². The molecule has 0 spiro atoms. The molecule has 1 amide bonds. The molecule has 1 heterocycles. The van der Waals surface area contributed by atoms with Crippen molar-refractivity contribution in [2.24, 2.45) is 11.8 Å². The van der Waals surface area contributed by atoms with Crippen LogP contribution in [0.4, 0.5) is 5.69 Å². The lowest BCUT2D eigenvalue weighted by molar-refractivity contribution is -0.131. The van der Waals surface area contributed by atoms with E-state index in [1.807, 2.05) is 4.90 Å². The van der Waals surface area contributed by atoms with Gasteiger partial charge in [-0.3, -0.25) is 4.79 Å². The Morgan fingerprint density at radius 1 is 1.19 bits per heavy atom. The van der Waals surface area contributed by atoms with E-state index in [0.29, 0.717) is 23.8 Å². The number of amides is 1. The number of anilines is 1. The van der Waals surface area contributed by atoms with E-state index >= 15 is 0 Å². The van der Waals surface area contributed by atoms with Gasteiger partial charge in [0.25, 0.3) is 0 Å². The molecule has 2 aliphatic rings. The summed E-state index contributed by atoms with van der Waals surface area (Å²) in [7, 11) is 0. The van der Waals surface area contributed by atoms with Crippen molar-refractivity contribution in [2.75, 3.05) is 18.4 Å². The van der Waals surface area contributed by atoms with Crippen LogP contribution in [0.1, 0.15) is 45.1 Å². The summed E-state index contributed by atoms with van der Waals surface area (Å²) >= 11 is 0. The molecule has 1 aromatic carbocycles. The van der Waals surface area contributed by atoms with Crippen molar-refractivity contribution >= 4 is 11.6 Å². The van der Waals surface area contributed by atoms with Crippen LogP contribution < -0.4 is 5.32 Å². The second-order valence-electron chi connectivity index (χ2n) is 6.93. The highest BCUT2D eigenvalue weighted by atomic mass is 16.2. The van der Waals surface area contributed by atoms with E-state index in [1.54, 1.807) is 6.92 Å². The zero-order valence-electron chi connectivity index (χ0n) is 13.3. The molecule has 2 fully saturated rings. The number of piperidine rings is 1. The number of nitrogens with one attached hydrogen (secondary N) is 1. The summed E-state index contributed by atoms with van der Waals surface area (Å²) in [5.74, 6) is 1.97. The molecule has 1 aromatic rings. The first-order chi connectivity index (χ1) is 10.1. The summed E-state index contributed by atoms with van der Waals surface area (Å²) in [6.45, 7) is 8.03. The topological polar surface area (TPSA) is 32.3 Å². The summed E-state index contributed by atoms with van der Waals surface area (Å²) in [6.07, 6.45) is 2.49. The summed E-state index contributed by atoms with van der Waals surface area (Å²) in [4.78, 5) is 13.7. The first kappa shape index (κ1) is 14.4. The van der Waals surface area contributed by atoms with Crippen molar-refractivity contribution < 1.29 is 4.79 Å². The number of nitrogens with zero attached hydrogens (tertiary/aromatic N) is 1. The van der Waals surface area contributed by atoms with Gasteiger partial charge in [-0.1, -0.05) is 32.0 Å². The smallest absolute Gasteiger partial charge is 0.219 e. The number of benzene rings is 1. The van der Waals surface area contributed by atoms with Crippen molar-refractivity contribution in [1.29, 1.82) is 0 Å². The van der Waals surface area contributed by atoms with Gasteiger partial charge in [0.05, 0.1) is 0 Å². The van der Waals surface area contributed by atoms with Crippen molar-refractivity contribution in [2.45, 2.75) is 45.6 Å². The number of carbonyl (C=O) groups excluding carboxylic acids is 1. The molecule has 1 aliphatic heterocycles. The minimum atomic E-state index is 0.230. The Kier molecular flexibility index (Phi) is 3.92. The molecule has 1 aliphatic carbocycles. The van der Waals surface area contributed by atoms with Crippen LogP contribution in [0.15, 0.2) is 24.3 Å². The van der Waals surface area contributed by atoms with Crippen LogP contribution in [-0.4, -0.2) is 29.9 Å². The minimum Gasteiger partial charge on any atom is -0.381 e. The zero-order valence-corrected chi connectivity index (χ0v) is 13.3. The van der Waals surface area contributed by atoms with Gasteiger partial charge >= 0.3 is 0 Å². The Morgan fingerprint density at radius 2 is 1.81 bits per heavy atom. The van der Waals surface area contributed by atoms with Crippen LogP contribution in [0.5, 0.6) is 0 Å². The average Bonchev–Trinajstić information content (AvgIpc) is 2.70. The number of rotatable bonds is 3. The lowest BCUT2D eigenvalue weighted by Gasteiger charge is -2.39. The molecule has 1 saturated heterocycles. The van der Waals surface area contributed by atoms with E-state index in [2.05, 4.69) is 43.4 Å². The SMILES string of the molecule is CC(=O)N1C[C@H]2CC[C@@H](C1)C2Nc1ccccc1C(C)C. The first-order valence-electron chi connectivity index (χ1n) is 8.17. The maximum atomic E-state index is 11.6. The highest BCUT2D eigenvalue weighted by Crippen LogP contribution is 2.39. The third-order valence-electron chi connectivity index (χ3n) is 5.18. The van der Waals surface area contributed by atoms with Gasteiger partial charge in [0, 0.05) is 31.7 Å². The second kappa shape index (κ2) is 5.70. The van der Waals surface area contributed by atoms with Crippen LogP contribution >= 0.6 is 0 Å². The largest absolute Gasteiger partial charge is 0.381 e. The molecule has 0 radical (unpaired) electrons. The van der Waals surface area contributed by atoms with E-state index in [-0.39, 0.29) is 5.91 Å². The lowest BCUT2D eigenvalue weighted by atomic mass is 9.91. The minimum absolute atomic E-state index is 0.230. The average molecular weight is 286 g/mol. The molecule has 0 aromatic heterocycles. The molecule has 3 heteroatoms. The third-order valence-corrected chi connectivity index (χ3v) is 5.18. The molecule has 114 valence electrons. The van der Waals surface area contributed by atoms with E-state index < -0.39 is 0 Å². The Morgan fingerprint density at radius 3 is 2.38 bits per heavy atom. The molecule has 21 heavy (non-hydrogen) atoms. The lowest BCUT2D eigenvalue weighted by Crippen LogP contribution is -2.49. The number of fused-ring (bicyclic) bond motifs is 2. The van der Waals surface area contributed by atoms with Gasteiger partial charge in [-0.2, -0.15) is 0 Å². The van der Waals surface area contributed by atoms with Crippen LogP contribution in [0.3, 0.4) is 0 Å². The summed E-state index contributed by atoms with van der Waals surface area (Å²) < 4.78 is 0. The summed E-state index contributed by atoms with van der Waals surface area (Å²) in [5.41, 5.74) is 2.68. The molecular formula is C18H26N2O. The molecule has 2 bridgehead atoms. The third kappa shape index (κ3) is 2.78. The van der Waals surface area contributed by atoms with Crippen LogP contribution in [0, 0.1) is 11.8 Å². The van der Waals surface area contributed by atoms with E-state index in [4.69, 9.17) is 0 Å². The fourth-order valence-corrected chi connectivity index (χ4v) is 4.03. The number of carbonyl (C=O) groups is 1. The number of hydrogen-bond donors (Lipinski definition) is 1. The second-order valence-corrected chi connectivity index (χ2v) is 6.93. The molecule has 1 saturated carbocycles. The van der Waals surface area contributed by atoms with E-state index in [1.165, 1.54) is 24.1 Å². The molecule has 3 rings (SSSR count). The number of para-hydroxylation sites is 1. The molecule has 1 N–H and O–H groups in total. The Labute approximate surface area is 127 Å². The van der Waals surface area contributed by atoms with Gasteiger partial charge in [-0.05, 0) is 42.2 Å². The molecule has 1 unspecified atom stereocenters. The molecule has 3 nitrogen and oxygen atoms in total. The summed E-state index contributed by atoms with van der Waals surface area (Å²) in [6, 6.07) is 9.18. The number of hydrogen-bond acceptors (Lipinski definition) is 2. The Hall–Kier alpha value is -1.51. The zero-order chi connectivity index (χ0) is 15.0. The fraction of sp³-hybridized carbons (Fsp3) is 0.611. The quantitative estimate of drug-likeness (QED) is 0.922. The monoisotopic (exact) mass is 286 g/mol. The fourth-order valence-electron chi connectivity index (χ4n) is 4.03. The number of likely N-dealkylation sites (tertiary alicyclic amines) is 1. The summed E-state index contributed by atoms with van der Waals surface area (Å²) in [5, 5.41) is 3.81. The standard InChI is InChI=1S/C18H26N2O/c1-12(2)16-6-4-5-7-17(16)19-18-14-8-9-15(18)11-20(10-14)13(3)21/h4-7,12,14-15,18-19H,8-11H2,1-3H3/t14-,15+,18?. The van der Waals surface area contributed by atoms with Crippen molar-refractivity contribution in [3.05, 3.63) is 29.8 Å². The van der Waals surface area contributed by atoms with Gasteiger partial charge < -0.3 is 10.2 Å². The maximum absolute atomic E-state index is 11.6. The van der Waals surface area contributed by atoms with Crippen molar-refractivity contribution in [1.82, 2.24) is 4.90 Å². The predicted octanol–water partition coefficient (Wildman–Crippen LogP) is 3.48. The highest BCUT2D eigenvalue weighted by molar-refractivity contribution is 5.73. The van der Waals surface area contributed by atoms with Crippen molar-refractivity contribution in [3.63, 3.8) is 0 Å². The highest BCUT2D eigenvalue weighted by Gasteiger charge is 2.42. The Bertz CT molecular complexity index is 512. The predicted molar refractivity (Wildman–Crippen MR) is 86.4 cm³/mol. The van der Waals surface area contributed by atoms with Gasteiger partial charge in [-0.15, -0.1) is 0 Å². The normalized spacial score (nSPS) is 28.0. The molecule has 3 atom stereocenters. The van der Waals surface area contributed by atoms with Crippen LogP contribution in [0.2, 0.25) is 0 Å². The Balaban J connectivity index is 1.77. The molecular weight excluding hydrogens is 260 g/mol. The van der Waals surface area contributed by atoms with Crippen LogP contribution in [-0.2, 0) is 4.79 Å². The van der Waals surface area contributed by atoms with E-state index in [9.17, 15) is 4.79 Å². The van der Waals surface area contributed by atoms with Gasteiger partial charge in [0.1, 0.15) is 0 Å². The maximum Gasteiger partial charge on any atom is 0.219 e. The van der Waals surface area contributed by atoms with E-state index in [0.717, 1.165) is 13.1 Å². The van der Waals surface area contributed by atoms with Crippen LogP contribution in [0.25, 0.3) is 0 Å².